The number of halogens is 2. The molecule has 1 amide bonds. The fourth-order valence-electron chi connectivity index (χ4n) is 4.08. The summed E-state index contributed by atoms with van der Waals surface area (Å²) in [5, 5.41) is 3.79. The zero-order valence-corrected chi connectivity index (χ0v) is 22.5. The number of hydrogen-bond acceptors (Lipinski definition) is 4. The zero-order chi connectivity index (χ0) is 23.7. The average molecular weight is 598 g/mol. The van der Waals surface area contributed by atoms with Crippen LogP contribution in [-0.2, 0) is 12.8 Å². The number of carbonyl (C=O) groups excluding carboxylic acids is 1. The van der Waals surface area contributed by atoms with Gasteiger partial charge in [-0.05, 0) is 80.6 Å². The lowest BCUT2D eigenvalue weighted by molar-refractivity contribution is 0.102. The van der Waals surface area contributed by atoms with Crippen LogP contribution in [0.15, 0.2) is 73.0 Å². The number of furan rings is 1. The molecule has 0 aliphatic heterocycles. The van der Waals surface area contributed by atoms with Crippen molar-refractivity contribution < 1.29 is 9.21 Å². The van der Waals surface area contributed by atoms with Crippen LogP contribution in [0.2, 0.25) is 0 Å². The number of nitrogens with one attached hydrogen (secondary N) is 1. The van der Waals surface area contributed by atoms with Crippen molar-refractivity contribution in [2.45, 2.75) is 32.6 Å². The Morgan fingerprint density at radius 2 is 1.85 bits per heavy atom. The highest BCUT2D eigenvalue weighted by molar-refractivity contribution is 9.11. The second-order valence-electron chi connectivity index (χ2n) is 8.30. The number of carbonyl (C=O) groups is 1. The molecule has 0 radical (unpaired) electrons. The van der Waals surface area contributed by atoms with Gasteiger partial charge in [0.25, 0.3) is 5.91 Å². The fraction of sp³-hybridized carbons (Fsp3) is 0.185. The van der Waals surface area contributed by atoms with Gasteiger partial charge < -0.3 is 9.73 Å². The van der Waals surface area contributed by atoms with Gasteiger partial charge in [-0.25, -0.2) is 4.99 Å². The quantitative estimate of drug-likeness (QED) is 0.234. The molecule has 2 aromatic carbocycles. The molecule has 0 saturated heterocycles. The van der Waals surface area contributed by atoms with Gasteiger partial charge in [0.05, 0.1) is 11.8 Å². The maximum atomic E-state index is 13.3. The Hall–Kier alpha value is -2.48. The SMILES string of the molecule is Cc1ccc(NC(=O)c2c(N=Cc3ccc(-c4cc(Br)ccc4Br)o3)sc3c2CCCC3)cc1. The minimum absolute atomic E-state index is 0.103. The summed E-state index contributed by atoms with van der Waals surface area (Å²) < 4.78 is 7.97. The first kappa shape index (κ1) is 23.3. The van der Waals surface area contributed by atoms with Crippen molar-refractivity contribution >= 4 is 66.0 Å². The number of fused-ring (bicyclic) bond motifs is 1. The number of rotatable bonds is 5. The molecule has 2 aromatic heterocycles. The third-order valence-corrected chi connectivity index (χ3v) is 8.20. The number of nitrogens with zero attached hydrogens (tertiary/aromatic N) is 1. The minimum Gasteiger partial charge on any atom is -0.455 e. The molecule has 0 unspecified atom stereocenters. The molecule has 4 aromatic rings. The number of benzene rings is 2. The second kappa shape index (κ2) is 10.0. The summed E-state index contributed by atoms with van der Waals surface area (Å²) in [4.78, 5) is 19.3. The van der Waals surface area contributed by atoms with E-state index < -0.39 is 0 Å². The molecule has 0 fully saturated rings. The van der Waals surface area contributed by atoms with Gasteiger partial charge in [0, 0.05) is 25.1 Å². The molecule has 0 spiro atoms. The highest BCUT2D eigenvalue weighted by Gasteiger charge is 2.25. The number of amides is 1. The number of thiophene rings is 1. The Morgan fingerprint density at radius 1 is 1.06 bits per heavy atom. The van der Waals surface area contributed by atoms with E-state index in [-0.39, 0.29) is 5.91 Å². The average Bonchev–Trinajstić information content (AvgIpc) is 3.45. The molecule has 0 atom stereocenters. The largest absolute Gasteiger partial charge is 0.455 e. The monoisotopic (exact) mass is 596 g/mol. The first-order chi connectivity index (χ1) is 16.5. The lowest BCUT2D eigenvalue weighted by Gasteiger charge is -2.13. The Kier molecular flexibility index (Phi) is 6.86. The van der Waals surface area contributed by atoms with E-state index in [1.807, 2.05) is 61.5 Å². The molecule has 2 heterocycles. The maximum absolute atomic E-state index is 13.3. The van der Waals surface area contributed by atoms with E-state index in [1.54, 1.807) is 17.6 Å². The third kappa shape index (κ3) is 4.97. The Balaban J connectivity index is 1.44. The predicted octanol–water partition coefficient (Wildman–Crippen LogP) is 8.72. The Morgan fingerprint density at radius 3 is 2.68 bits per heavy atom. The molecule has 4 nitrogen and oxygen atoms in total. The van der Waals surface area contributed by atoms with Crippen molar-refractivity contribution in [3.05, 3.63) is 90.9 Å². The summed E-state index contributed by atoms with van der Waals surface area (Å²) in [6, 6.07) is 17.6. The summed E-state index contributed by atoms with van der Waals surface area (Å²) in [6.07, 6.45) is 5.87. The van der Waals surface area contributed by atoms with Crippen molar-refractivity contribution in [2.75, 3.05) is 5.32 Å². The maximum Gasteiger partial charge on any atom is 0.259 e. The van der Waals surface area contributed by atoms with Crippen LogP contribution in [-0.4, -0.2) is 12.1 Å². The zero-order valence-electron chi connectivity index (χ0n) is 18.5. The van der Waals surface area contributed by atoms with Crippen LogP contribution >= 0.6 is 43.2 Å². The standard InChI is InChI=1S/C27H22Br2N2O2S/c1-16-6-9-18(10-7-16)31-26(32)25-20-4-2-3-5-24(20)34-27(25)30-15-19-11-13-23(33-19)21-14-17(28)8-12-22(21)29/h6-15H,2-5H2,1H3,(H,31,32). The first-order valence-corrected chi connectivity index (χ1v) is 13.5. The molecule has 0 bridgehead atoms. The van der Waals surface area contributed by atoms with Crippen LogP contribution in [0, 0.1) is 6.92 Å². The summed E-state index contributed by atoms with van der Waals surface area (Å²) in [6.45, 7) is 2.03. The molecule has 34 heavy (non-hydrogen) atoms. The molecule has 172 valence electrons. The van der Waals surface area contributed by atoms with Crippen molar-refractivity contribution in [1.82, 2.24) is 0 Å². The van der Waals surface area contributed by atoms with Crippen LogP contribution in [0.1, 0.15) is 45.0 Å². The molecule has 0 saturated carbocycles. The van der Waals surface area contributed by atoms with Crippen molar-refractivity contribution in [1.29, 1.82) is 0 Å². The molecular weight excluding hydrogens is 576 g/mol. The van der Waals surface area contributed by atoms with E-state index in [0.29, 0.717) is 11.3 Å². The van der Waals surface area contributed by atoms with E-state index in [0.717, 1.165) is 67.8 Å². The van der Waals surface area contributed by atoms with E-state index in [4.69, 9.17) is 9.41 Å². The highest BCUT2D eigenvalue weighted by atomic mass is 79.9. The topological polar surface area (TPSA) is 54.6 Å². The van der Waals surface area contributed by atoms with Gasteiger partial charge in [-0.1, -0.05) is 49.6 Å². The highest BCUT2D eigenvalue weighted by Crippen LogP contribution is 2.40. The van der Waals surface area contributed by atoms with E-state index in [9.17, 15) is 4.79 Å². The van der Waals surface area contributed by atoms with Gasteiger partial charge in [0.15, 0.2) is 0 Å². The van der Waals surface area contributed by atoms with Gasteiger partial charge in [0.1, 0.15) is 16.5 Å². The number of anilines is 1. The summed E-state index contributed by atoms with van der Waals surface area (Å²) >= 11 is 8.71. The summed E-state index contributed by atoms with van der Waals surface area (Å²) in [5.74, 6) is 1.28. The van der Waals surface area contributed by atoms with Gasteiger partial charge in [-0.3, -0.25) is 4.79 Å². The summed E-state index contributed by atoms with van der Waals surface area (Å²) in [5.41, 5.74) is 4.74. The van der Waals surface area contributed by atoms with Gasteiger partial charge in [-0.15, -0.1) is 11.3 Å². The fourth-order valence-corrected chi connectivity index (χ4v) is 6.12. The molecule has 1 N–H and O–H groups in total. The second-order valence-corrected chi connectivity index (χ2v) is 11.1. The molecule has 1 aliphatic rings. The molecule has 1 aliphatic carbocycles. The number of hydrogen-bond donors (Lipinski definition) is 1. The van der Waals surface area contributed by atoms with E-state index in [2.05, 4.69) is 37.2 Å². The third-order valence-electron chi connectivity index (χ3n) is 5.82. The Bertz CT molecular complexity index is 1390. The smallest absolute Gasteiger partial charge is 0.259 e. The Labute approximate surface area is 219 Å². The first-order valence-electron chi connectivity index (χ1n) is 11.1. The number of aryl methyl sites for hydroxylation is 2. The molecule has 5 rings (SSSR count). The minimum atomic E-state index is -0.103. The van der Waals surface area contributed by atoms with Crippen LogP contribution in [0.3, 0.4) is 0 Å². The van der Waals surface area contributed by atoms with Crippen molar-refractivity contribution in [2.24, 2.45) is 4.99 Å². The van der Waals surface area contributed by atoms with Crippen LogP contribution in [0.25, 0.3) is 11.3 Å². The van der Waals surface area contributed by atoms with Gasteiger partial charge in [0.2, 0.25) is 0 Å². The molecule has 7 heteroatoms. The van der Waals surface area contributed by atoms with Crippen LogP contribution < -0.4 is 5.32 Å². The van der Waals surface area contributed by atoms with Crippen molar-refractivity contribution in [3.63, 3.8) is 0 Å². The normalized spacial score (nSPS) is 13.3. The lowest BCUT2D eigenvalue weighted by Crippen LogP contribution is -2.14. The summed E-state index contributed by atoms with van der Waals surface area (Å²) in [7, 11) is 0. The van der Waals surface area contributed by atoms with Crippen molar-refractivity contribution in [3.8, 4) is 11.3 Å². The van der Waals surface area contributed by atoms with Crippen LogP contribution in [0.5, 0.6) is 0 Å². The number of aliphatic imine (C=N–C) groups is 1. The van der Waals surface area contributed by atoms with E-state index in [1.165, 1.54) is 4.88 Å². The van der Waals surface area contributed by atoms with Gasteiger partial charge >= 0.3 is 0 Å². The molecular formula is C27H22Br2N2O2S. The lowest BCUT2D eigenvalue weighted by atomic mass is 9.95. The predicted molar refractivity (Wildman–Crippen MR) is 147 cm³/mol. The van der Waals surface area contributed by atoms with Gasteiger partial charge in [-0.2, -0.15) is 0 Å². The van der Waals surface area contributed by atoms with E-state index >= 15 is 0 Å². The van der Waals surface area contributed by atoms with Crippen LogP contribution in [0.4, 0.5) is 10.7 Å².